The third-order valence-electron chi connectivity index (χ3n) is 2.92. The SMILES string of the molecule is CCN(C(=O)c1cnc(C)cc1Cl)c1cccc(O)c1. The van der Waals surface area contributed by atoms with E-state index in [1.807, 2.05) is 13.8 Å². The summed E-state index contributed by atoms with van der Waals surface area (Å²) < 4.78 is 0. The number of halogens is 1. The average Bonchev–Trinajstić information content (AvgIpc) is 2.39. The Labute approximate surface area is 122 Å². The molecule has 1 aromatic heterocycles. The van der Waals surface area contributed by atoms with E-state index in [4.69, 9.17) is 11.6 Å². The van der Waals surface area contributed by atoms with Crippen LogP contribution in [-0.4, -0.2) is 22.5 Å². The Morgan fingerprint density at radius 2 is 2.15 bits per heavy atom. The first kappa shape index (κ1) is 14.3. The lowest BCUT2D eigenvalue weighted by atomic mass is 10.2. The Morgan fingerprint density at radius 1 is 1.40 bits per heavy atom. The molecule has 1 heterocycles. The van der Waals surface area contributed by atoms with Crippen LogP contribution in [0.4, 0.5) is 5.69 Å². The van der Waals surface area contributed by atoms with Crippen molar-refractivity contribution in [1.82, 2.24) is 4.98 Å². The third-order valence-corrected chi connectivity index (χ3v) is 3.24. The third kappa shape index (κ3) is 2.91. The maximum absolute atomic E-state index is 12.5. The van der Waals surface area contributed by atoms with E-state index in [-0.39, 0.29) is 11.7 Å². The van der Waals surface area contributed by atoms with Crippen molar-refractivity contribution in [3.63, 3.8) is 0 Å². The molecule has 104 valence electrons. The van der Waals surface area contributed by atoms with Gasteiger partial charge >= 0.3 is 0 Å². The number of hydrogen-bond donors (Lipinski definition) is 1. The maximum atomic E-state index is 12.5. The minimum Gasteiger partial charge on any atom is -0.508 e. The number of nitrogens with zero attached hydrogens (tertiary/aromatic N) is 2. The van der Waals surface area contributed by atoms with Crippen LogP contribution in [0.2, 0.25) is 5.02 Å². The molecule has 0 radical (unpaired) electrons. The number of phenolic OH excluding ortho intramolecular Hbond substituents is 1. The first-order valence-electron chi connectivity index (χ1n) is 6.26. The molecule has 0 aliphatic carbocycles. The number of carbonyl (C=O) groups excluding carboxylic acids is 1. The fourth-order valence-electron chi connectivity index (χ4n) is 1.93. The van der Waals surface area contributed by atoms with Crippen molar-refractivity contribution in [2.45, 2.75) is 13.8 Å². The van der Waals surface area contributed by atoms with Crippen molar-refractivity contribution in [1.29, 1.82) is 0 Å². The standard InChI is InChI=1S/C15H15ClN2O2/c1-3-18(11-5-4-6-12(19)8-11)15(20)13-9-17-10(2)7-14(13)16/h4-9,19H,3H2,1-2H3. The highest BCUT2D eigenvalue weighted by Crippen LogP contribution is 2.24. The predicted octanol–water partition coefficient (Wildman–Crippen LogP) is 3.42. The zero-order valence-corrected chi connectivity index (χ0v) is 12.1. The smallest absolute Gasteiger partial charge is 0.261 e. The maximum Gasteiger partial charge on any atom is 0.261 e. The monoisotopic (exact) mass is 290 g/mol. The van der Waals surface area contributed by atoms with Crippen LogP contribution >= 0.6 is 11.6 Å². The fourth-order valence-corrected chi connectivity index (χ4v) is 2.22. The molecular weight excluding hydrogens is 276 g/mol. The van der Waals surface area contributed by atoms with Crippen LogP contribution in [0.15, 0.2) is 36.5 Å². The number of pyridine rings is 1. The van der Waals surface area contributed by atoms with Gasteiger partial charge in [0.1, 0.15) is 5.75 Å². The van der Waals surface area contributed by atoms with Crippen molar-refractivity contribution in [3.8, 4) is 5.75 Å². The molecule has 5 heteroatoms. The zero-order chi connectivity index (χ0) is 14.7. The van der Waals surface area contributed by atoms with Crippen LogP contribution in [-0.2, 0) is 0 Å². The number of hydrogen-bond acceptors (Lipinski definition) is 3. The average molecular weight is 291 g/mol. The Morgan fingerprint density at radius 3 is 2.75 bits per heavy atom. The van der Waals surface area contributed by atoms with Crippen molar-refractivity contribution in [2.24, 2.45) is 0 Å². The Balaban J connectivity index is 2.39. The summed E-state index contributed by atoms with van der Waals surface area (Å²) in [6.45, 7) is 4.14. The number of phenols is 1. The molecule has 4 nitrogen and oxygen atoms in total. The highest BCUT2D eigenvalue weighted by molar-refractivity contribution is 6.34. The lowest BCUT2D eigenvalue weighted by molar-refractivity contribution is 0.0988. The van der Waals surface area contributed by atoms with Gasteiger partial charge in [-0.3, -0.25) is 9.78 Å². The highest BCUT2D eigenvalue weighted by atomic mass is 35.5. The number of rotatable bonds is 3. The van der Waals surface area contributed by atoms with Gasteiger partial charge in [-0.1, -0.05) is 17.7 Å². The van der Waals surface area contributed by atoms with Crippen LogP contribution in [0.25, 0.3) is 0 Å². The van der Waals surface area contributed by atoms with Crippen LogP contribution in [0, 0.1) is 6.92 Å². The molecule has 0 bridgehead atoms. The minimum absolute atomic E-state index is 0.113. The first-order chi connectivity index (χ1) is 9.52. The number of aromatic hydroxyl groups is 1. The summed E-state index contributed by atoms with van der Waals surface area (Å²) in [6, 6.07) is 8.20. The topological polar surface area (TPSA) is 53.4 Å². The largest absolute Gasteiger partial charge is 0.508 e. The van der Waals surface area contributed by atoms with Crippen molar-refractivity contribution < 1.29 is 9.90 Å². The Bertz CT molecular complexity index is 644. The van der Waals surface area contributed by atoms with Crippen LogP contribution in [0.5, 0.6) is 5.75 Å². The van der Waals surface area contributed by atoms with E-state index in [9.17, 15) is 9.90 Å². The van der Waals surface area contributed by atoms with E-state index in [1.165, 1.54) is 17.2 Å². The van der Waals surface area contributed by atoms with Crippen LogP contribution < -0.4 is 4.90 Å². The van der Waals surface area contributed by atoms with E-state index in [0.29, 0.717) is 22.8 Å². The number of aromatic nitrogens is 1. The Hall–Kier alpha value is -2.07. The summed E-state index contributed by atoms with van der Waals surface area (Å²) in [5, 5.41) is 9.90. The first-order valence-corrected chi connectivity index (χ1v) is 6.63. The van der Waals surface area contributed by atoms with Gasteiger partial charge in [-0.05, 0) is 32.0 Å². The van der Waals surface area contributed by atoms with Gasteiger partial charge in [0.2, 0.25) is 0 Å². The van der Waals surface area contributed by atoms with Gasteiger partial charge in [-0.15, -0.1) is 0 Å². The second-order valence-electron chi connectivity index (χ2n) is 4.37. The molecule has 0 aliphatic heterocycles. The van der Waals surface area contributed by atoms with Crippen molar-refractivity contribution in [3.05, 3.63) is 52.8 Å². The molecule has 0 atom stereocenters. The summed E-state index contributed by atoms with van der Waals surface area (Å²) in [5.74, 6) is -0.127. The summed E-state index contributed by atoms with van der Waals surface area (Å²) in [5.41, 5.74) is 1.73. The van der Waals surface area contributed by atoms with E-state index in [1.54, 1.807) is 24.3 Å². The number of carbonyl (C=O) groups is 1. The normalized spacial score (nSPS) is 10.3. The van der Waals surface area contributed by atoms with E-state index in [2.05, 4.69) is 4.98 Å². The molecule has 20 heavy (non-hydrogen) atoms. The van der Waals surface area contributed by atoms with E-state index >= 15 is 0 Å². The second-order valence-corrected chi connectivity index (χ2v) is 4.78. The quantitative estimate of drug-likeness (QED) is 0.942. The molecule has 0 saturated carbocycles. The predicted molar refractivity (Wildman–Crippen MR) is 79.4 cm³/mol. The lowest BCUT2D eigenvalue weighted by Gasteiger charge is -2.21. The zero-order valence-electron chi connectivity index (χ0n) is 11.3. The highest BCUT2D eigenvalue weighted by Gasteiger charge is 2.19. The molecule has 0 spiro atoms. The summed E-state index contributed by atoms with van der Waals surface area (Å²) in [6.07, 6.45) is 1.48. The Kier molecular flexibility index (Phi) is 4.25. The number of amides is 1. The van der Waals surface area contributed by atoms with E-state index in [0.717, 1.165) is 5.69 Å². The van der Waals surface area contributed by atoms with Gasteiger partial charge in [0.25, 0.3) is 5.91 Å². The molecule has 1 N–H and O–H groups in total. The van der Waals surface area contributed by atoms with E-state index < -0.39 is 0 Å². The minimum atomic E-state index is -0.240. The summed E-state index contributed by atoms with van der Waals surface area (Å²) in [4.78, 5) is 18.2. The van der Waals surface area contributed by atoms with Gasteiger partial charge in [0.15, 0.2) is 0 Å². The van der Waals surface area contributed by atoms with Gasteiger partial charge in [0, 0.05) is 30.2 Å². The molecule has 2 aromatic rings. The molecule has 0 aliphatic rings. The summed E-state index contributed by atoms with van der Waals surface area (Å²) in [7, 11) is 0. The second kappa shape index (κ2) is 5.92. The lowest BCUT2D eigenvalue weighted by Crippen LogP contribution is -2.30. The van der Waals surface area contributed by atoms with Gasteiger partial charge in [-0.2, -0.15) is 0 Å². The molecule has 0 saturated heterocycles. The molecule has 0 fully saturated rings. The van der Waals surface area contributed by atoms with Gasteiger partial charge in [-0.25, -0.2) is 0 Å². The number of anilines is 1. The molecule has 1 aromatic carbocycles. The molecule has 0 unspecified atom stereocenters. The van der Waals surface area contributed by atoms with Crippen molar-refractivity contribution >= 4 is 23.2 Å². The van der Waals surface area contributed by atoms with Crippen molar-refractivity contribution in [2.75, 3.05) is 11.4 Å². The number of benzene rings is 1. The summed E-state index contributed by atoms with van der Waals surface area (Å²) >= 11 is 6.11. The van der Waals surface area contributed by atoms with Crippen LogP contribution in [0.3, 0.4) is 0 Å². The van der Waals surface area contributed by atoms with Gasteiger partial charge < -0.3 is 10.0 Å². The molecular formula is C15H15ClN2O2. The van der Waals surface area contributed by atoms with Gasteiger partial charge in [0.05, 0.1) is 10.6 Å². The van der Waals surface area contributed by atoms with Crippen LogP contribution in [0.1, 0.15) is 23.0 Å². The molecule has 1 amide bonds. The number of aryl methyl sites for hydroxylation is 1. The molecule has 2 rings (SSSR count). The fraction of sp³-hybridized carbons (Fsp3) is 0.200.